The summed E-state index contributed by atoms with van der Waals surface area (Å²) in [4.78, 5) is 25.7. The Morgan fingerprint density at radius 1 is 1.48 bits per heavy atom. The number of hydrogen-bond donors (Lipinski definition) is 1. The molecule has 0 spiro atoms. The lowest BCUT2D eigenvalue weighted by molar-refractivity contribution is -0.154. The molecule has 6 nitrogen and oxygen atoms in total. The monoisotopic (exact) mass is 306 g/mol. The molecule has 0 aliphatic carbocycles. The van der Waals surface area contributed by atoms with Crippen LogP contribution >= 0.6 is 11.8 Å². The van der Waals surface area contributed by atoms with Gasteiger partial charge in [0.05, 0.1) is 30.5 Å². The van der Waals surface area contributed by atoms with Gasteiger partial charge in [0.15, 0.2) is 6.10 Å². The van der Waals surface area contributed by atoms with Gasteiger partial charge in [-0.1, -0.05) is 12.1 Å². The van der Waals surface area contributed by atoms with Crippen LogP contribution in [0.1, 0.15) is 10.4 Å². The summed E-state index contributed by atoms with van der Waals surface area (Å²) in [6.07, 6.45) is -0.985. The molecule has 1 N–H and O–H groups in total. The first-order chi connectivity index (χ1) is 10.1. The predicted octanol–water partition coefficient (Wildman–Crippen LogP) is 1.23. The van der Waals surface area contributed by atoms with Gasteiger partial charge in [-0.25, -0.2) is 4.79 Å². The van der Waals surface area contributed by atoms with Crippen molar-refractivity contribution in [3.8, 4) is 6.07 Å². The Hall–Kier alpha value is -2.04. The van der Waals surface area contributed by atoms with Crippen molar-refractivity contribution in [3.63, 3.8) is 0 Å². The molecule has 7 heteroatoms. The van der Waals surface area contributed by atoms with Crippen LogP contribution in [-0.4, -0.2) is 53.4 Å². The van der Waals surface area contributed by atoms with Gasteiger partial charge in [-0.05, 0) is 12.1 Å². The Bertz CT molecular complexity index is 585. The highest BCUT2D eigenvalue weighted by atomic mass is 32.2. The number of benzene rings is 1. The van der Waals surface area contributed by atoms with Gasteiger partial charge in [-0.15, -0.1) is 11.8 Å². The molecule has 1 heterocycles. The summed E-state index contributed by atoms with van der Waals surface area (Å²) in [5.74, 6) is -1.05. The van der Waals surface area contributed by atoms with E-state index in [0.717, 1.165) is 4.90 Å². The summed E-state index contributed by atoms with van der Waals surface area (Å²) in [5.41, 5.74) is 0.490. The minimum Gasteiger partial charge on any atom is -0.479 e. The van der Waals surface area contributed by atoms with E-state index in [0.29, 0.717) is 12.1 Å². The number of carboxylic acid groups (broad SMARTS) is 1. The lowest BCUT2D eigenvalue weighted by Crippen LogP contribution is -2.48. The van der Waals surface area contributed by atoms with E-state index >= 15 is 0 Å². The molecule has 0 radical (unpaired) electrons. The molecule has 0 bridgehead atoms. The van der Waals surface area contributed by atoms with Gasteiger partial charge in [0, 0.05) is 11.4 Å². The van der Waals surface area contributed by atoms with Crippen molar-refractivity contribution in [2.75, 3.05) is 25.4 Å². The van der Waals surface area contributed by atoms with Crippen LogP contribution in [0, 0.1) is 11.3 Å². The van der Waals surface area contributed by atoms with Crippen LogP contribution in [0.3, 0.4) is 0 Å². The molecule has 110 valence electrons. The largest absolute Gasteiger partial charge is 0.479 e. The highest BCUT2D eigenvalue weighted by molar-refractivity contribution is 7.99. The second-order valence-corrected chi connectivity index (χ2v) is 5.41. The number of morpholine rings is 1. The highest BCUT2D eigenvalue weighted by Gasteiger charge is 2.30. The molecular formula is C14H14N2O4S. The Labute approximate surface area is 126 Å². The molecule has 1 aliphatic heterocycles. The van der Waals surface area contributed by atoms with Crippen molar-refractivity contribution in [2.45, 2.75) is 11.0 Å². The van der Waals surface area contributed by atoms with Crippen LogP contribution in [-0.2, 0) is 9.53 Å². The molecule has 1 aromatic rings. The molecule has 21 heavy (non-hydrogen) atoms. The van der Waals surface area contributed by atoms with Gasteiger partial charge in [-0.3, -0.25) is 4.79 Å². The van der Waals surface area contributed by atoms with Crippen molar-refractivity contribution in [3.05, 3.63) is 29.8 Å². The van der Waals surface area contributed by atoms with Crippen LogP contribution in [0.4, 0.5) is 0 Å². The number of aliphatic carboxylic acids is 1. The Morgan fingerprint density at radius 3 is 2.95 bits per heavy atom. The summed E-state index contributed by atoms with van der Waals surface area (Å²) in [5, 5.41) is 17.6. The summed E-state index contributed by atoms with van der Waals surface area (Å²) in [6.45, 7) is 0.599. The summed E-state index contributed by atoms with van der Waals surface area (Å²) in [6, 6.07) is 9.04. The van der Waals surface area contributed by atoms with Gasteiger partial charge in [0.2, 0.25) is 0 Å². The SMILES string of the molecule is N#CCSc1ccccc1C(=O)N1CCOC(C(=O)O)C1. The number of carboxylic acids is 1. The van der Waals surface area contributed by atoms with E-state index in [1.807, 2.05) is 6.07 Å². The van der Waals surface area contributed by atoms with Crippen molar-refractivity contribution < 1.29 is 19.4 Å². The topological polar surface area (TPSA) is 90.6 Å². The lowest BCUT2D eigenvalue weighted by Gasteiger charge is -2.31. The highest BCUT2D eigenvalue weighted by Crippen LogP contribution is 2.24. The van der Waals surface area contributed by atoms with Crippen LogP contribution in [0.15, 0.2) is 29.2 Å². The number of nitrogens with zero attached hydrogens (tertiary/aromatic N) is 2. The van der Waals surface area contributed by atoms with E-state index < -0.39 is 12.1 Å². The molecule has 1 aliphatic rings. The maximum atomic E-state index is 12.5. The van der Waals surface area contributed by atoms with Gasteiger partial charge in [-0.2, -0.15) is 5.26 Å². The number of amides is 1. The maximum absolute atomic E-state index is 12.5. The zero-order chi connectivity index (χ0) is 15.2. The van der Waals surface area contributed by atoms with Crippen LogP contribution < -0.4 is 0 Å². The van der Waals surface area contributed by atoms with Gasteiger partial charge in [0.25, 0.3) is 5.91 Å². The number of hydrogen-bond acceptors (Lipinski definition) is 5. The van der Waals surface area contributed by atoms with Gasteiger partial charge < -0.3 is 14.7 Å². The fourth-order valence-corrected chi connectivity index (χ4v) is 2.74. The van der Waals surface area contributed by atoms with Crippen molar-refractivity contribution in [2.24, 2.45) is 0 Å². The predicted molar refractivity (Wildman–Crippen MR) is 76.1 cm³/mol. The maximum Gasteiger partial charge on any atom is 0.334 e. The zero-order valence-electron chi connectivity index (χ0n) is 11.2. The molecule has 1 amide bonds. The first kappa shape index (κ1) is 15.4. The molecule has 0 saturated carbocycles. The van der Waals surface area contributed by atoms with Crippen molar-refractivity contribution in [1.29, 1.82) is 5.26 Å². The van der Waals surface area contributed by atoms with E-state index in [-0.39, 0.29) is 24.8 Å². The normalized spacial score (nSPS) is 18.0. The molecule has 1 saturated heterocycles. The minimum absolute atomic E-state index is 0.0332. The van der Waals surface area contributed by atoms with Gasteiger partial charge >= 0.3 is 5.97 Å². The fourth-order valence-electron chi connectivity index (χ4n) is 2.03. The first-order valence-corrected chi connectivity index (χ1v) is 7.34. The number of ether oxygens (including phenoxy) is 1. The smallest absolute Gasteiger partial charge is 0.334 e. The van der Waals surface area contributed by atoms with E-state index in [1.165, 1.54) is 16.7 Å². The Balaban J connectivity index is 2.16. The van der Waals surface area contributed by atoms with Crippen molar-refractivity contribution >= 4 is 23.6 Å². The third-order valence-electron chi connectivity index (χ3n) is 3.04. The lowest BCUT2D eigenvalue weighted by atomic mass is 10.1. The molecule has 2 rings (SSSR count). The molecule has 1 atom stereocenters. The molecule has 1 fully saturated rings. The minimum atomic E-state index is -1.07. The van der Waals surface area contributed by atoms with Crippen LogP contribution in [0.2, 0.25) is 0 Å². The standard InChI is InChI=1S/C14H14N2O4S/c15-5-8-21-12-4-2-1-3-10(12)13(17)16-6-7-20-11(9-16)14(18)19/h1-4,11H,6-9H2,(H,18,19). The number of nitriles is 1. The Morgan fingerprint density at radius 2 is 2.24 bits per heavy atom. The third-order valence-corrected chi connectivity index (χ3v) is 3.98. The summed E-state index contributed by atoms with van der Waals surface area (Å²) in [7, 11) is 0. The number of thioether (sulfide) groups is 1. The van der Waals surface area contributed by atoms with E-state index in [2.05, 4.69) is 0 Å². The number of carbonyl (C=O) groups is 2. The van der Waals surface area contributed by atoms with E-state index in [4.69, 9.17) is 15.1 Å². The second-order valence-electron chi connectivity index (χ2n) is 4.39. The number of carbonyl (C=O) groups excluding carboxylic acids is 1. The zero-order valence-corrected chi connectivity index (χ0v) is 12.0. The van der Waals surface area contributed by atoms with Gasteiger partial charge in [0.1, 0.15) is 0 Å². The fraction of sp³-hybridized carbons (Fsp3) is 0.357. The third kappa shape index (κ3) is 3.74. The quantitative estimate of drug-likeness (QED) is 0.841. The molecule has 1 unspecified atom stereocenters. The Kier molecular flexibility index (Phi) is 5.20. The van der Waals surface area contributed by atoms with E-state index in [1.54, 1.807) is 24.3 Å². The summed E-state index contributed by atoms with van der Waals surface area (Å²) >= 11 is 1.29. The second kappa shape index (κ2) is 7.11. The molecule has 0 aromatic heterocycles. The van der Waals surface area contributed by atoms with E-state index in [9.17, 15) is 9.59 Å². The van der Waals surface area contributed by atoms with Crippen LogP contribution in [0.5, 0.6) is 0 Å². The average Bonchev–Trinajstić information content (AvgIpc) is 2.52. The van der Waals surface area contributed by atoms with Crippen molar-refractivity contribution in [1.82, 2.24) is 4.90 Å². The average molecular weight is 306 g/mol. The summed E-state index contributed by atoms with van der Waals surface area (Å²) < 4.78 is 5.11. The number of rotatable bonds is 4. The molecular weight excluding hydrogens is 292 g/mol. The molecule has 1 aromatic carbocycles. The first-order valence-electron chi connectivity index (χ1n) is 6.36. The van der Waals surface area contributed by atoms with Crippen LogP contribution in [0.25, 0.3) is 0 Å².